The third-order valence-corrected chi connectivity index (χ3v) is 4.14. The summed E-state index contributed by atoms with van der Waals surface area (Å²) in [5.41, 5.74) is 6.09. The minimum absolute atomic E-state index is 0.0912. The normalized spacial score (nSPS) is 17.5. The minimum atomic E-state index is -1.22. The molecular weight excluding hydrogens is 331 g/mol. The molecule has 0 saturated carbocycles. The van der Waals surface area contributed by atoms with Crippen LogP contribution in [-0.2, 0) is 6.42 Å². The van der Waals surface area contributed by atoms with Crippen LogP contribution in [-0.4, -0.2) is 77.0 Å². The van der Waals surface area contributed by atoms with Crippen molar-refractivity contribution in [2.75, 3.05) is 19.7 Å². The second-order valence-corrected chi connectivity index (χ2v) is 5.81. The van der Waals surface area contributed by atoms with Gasteiger partial charge < -0.3 is 35.5 Å². The smallest absolute Gasteiger partial charge is 0.504 e. The molecule has 138 valence electrons. The summed E-state index contributed by atoms with van der Waals surface area (Å²) in [6.45, 7) is 2.20. The highest BCUT2D eigenvalue weighted by Gasteiger charge is 2.36. The number of nitrogens with two attached hydrogens (primary N) is 1. The average Bonchev–Trinajstić information content (AvgIpc) is 2.56. The van der Waals surface area contributed by atoms with E-state index in [-0.39, 0.29) is 29.8 Å². The molecule has 0 bridgehead atoms. The van der Waals surface area contributed by atoms with E-state index in [0.717, 1.165) is 0 Å². The van der Waals surface area contributed by atoms with Crippen molar-refractivity contribution in [1.82, 2.24) is 4.90 Å². The lowest BCUT2D eigenvalue weighted by Crippen LogP contribution is -2.62. The second kappa shape index (κ2) is 8.50. The van der Waals surface area contributed by atoms with Crippen LogP contribution >= 0.6 is 0 Å². The van der Waals surface area contributed by atoms with Gasteiger partial charge >= 0.3 is 13.7 Å². The Morgan fingerprint density at radius 2 is 2.16 bits per heavy atom. The van der Waals surface area contributed by atoms with Crippen LogP contribution in [0.25, 0.3) is 0 Å². The van der Waals surface area contributed by atoms with Crippen LogP contribution in [0.3, 0.4) is 0 Å². The molecule has 2 rings (SSSR count). The van der Waals surface area contributed by atoms with Crippen molar-refractivity contribution in [3.05, 3.63) is 23.3 Å². The van der Waals surface area contributed by atoms with Gasteiger partial charge in [0.1, 0.15) is 29.4 Å². The highest BCUT2D eigenvalue weighted by Crippen LogP contribution is 2.34. The second-order valence-electron chi connectivity index (χ2n) is 5.81. The van der Waals surface area contributed by atoms with Crippen molar-refractivity contribution < 1.29 is 34.5 Å². The number of aryl methyl sites for hydroxylation is 1. The molecule has 1 saturated heterocycles. The highest BCUT2D eigenvalue weighted by molar-refractivity contribution is 6.18. The summed E-state index contributed by atoms with van der Waals surface area (Å²) in [4.78, 5) is 13.3. The topological polar surface area (TPSA) is 146 Å². The number of benzene rings is 1. The Bertz CT molecular complexity index is 610. The van der Waals surface area contributed by atoms with Gasteiger partial charge in [0.2, 0.25) is 0 Å². The number of carboxylic acids is 1. The van der Waals surface area contributed by atoms with Crippen LogP contribution in [0.5, 0.6) is 11.5 Å². The molecule has 1 aromatic carbocycles. The molecule has 1 fully saturated rings. The van der Waals surface area contributed by atoms with Gasteiger partial charge in [-0.3, -0.25) is 4.90 Å². The Morgan fingerprint density at radius 3 is 2.68 bits per heavy atom. The quantitative estimate of drug-likeness (QED) is 0.327. The Balaban J connectivity index is 2.13. The fourth-order valence-corrected chi connectivity index (χ4v) is 2.72. The molecule has 0 radical (unpaired) electrons. The maximum absolute atomic E-state index is 11.6. The lowest BCUT2D eigenvalue weighted by atomic mass is 10.0. The molecule has 0 aliphatic carbocycles. The van der Waals surface area contributed by atoms with E-state index >= 15 is 0 Å². The SMILES string of the molecule is CCc1ccc(OC2CN(C(O)[C@H](N)CO)C2)c(C(=O)O)c1OBO. The maximum atomic E-state index is 11.6. The van der Waals surface area contributed by atoms with E-state index in [9.17, 15) is 15.0 Å². The van der Waals surface area contributed by atoms with Gasteiger partial charge in [-0.2, -0.15) is 0 Å². The number of rotatable bonds is 9. The Labute approximate surface area is 145 Å². The zero-order valence-corrected chi connectivity index (χ0v) is 14.0. The fraction of sp³-hybridized carbons (Fsp3) is 0.533. The zero-order valence-electron chi connectivity index (χ0n) is 14.0. The van der Waals surface area contributed by atoms with Gasteiger partial charge in [-0.1, -0.05) is 13.0 Å². The van der Waals surface area contributed by atoms with Crippen molar-refractivity contribution in [3.8, 4) is 11.5 Å². The van der Waals surface area contributed by atoms with Crippen molar-refractivity contribution in [3.63, 3.8) is 0 Å². The third-order valence-electron chi connectivity index (χ3n) is 4.14. The van der Waals surface area contributed by atoms with E-state index in [2.05, 4.69) is 0 Å². The summed E-state index contributed by atoms with van der Waals surface area (Å²) in [6.07, 6.45) is -0.772. The van der Waals surface area contributed by atoms with Gasteiger partial charge in [0.05, 0.1) is 12.6 Å². The number of aliphatic hydroxyl groups excluding tert-OH is 2. The standard InChI is InChI=1S/C15H23BN2O7/c1-2-8-3-4-11(12(15(21)22)13(8)25-16-23)24-9-5-18(6-9)14(20)10(17)7-19/h3-4,9-10,14,16,19-20,23H,2,5-7,17H2,1H3,(H,21,22)/t10-,14?/m1/s1. The van der Waals surface area contributed by atoms with E-state index in [1.54, 1.807) is 17.0 Å². The lowest BCUT2D eigenvalue weighted by molar-refractivity contribution is -0.105. The molecule has 9 nitrogen and oxygen atoms in total. The largest absolute Gasteiger partial charge is 0.538 e. The Morgan fingerprint density at radius 1 is 1.48 bits per heavy atom. The number of ether oxygens (including phenoxy) is 1. The first-order chi connectivity index (χ1) is 11.9. The van der Waals surface area contributed by atoms with E-state index < -0.39 is 25.9 Å². The molecule has 1 aromatic rings. The molecule has 0 amide bonds. The summed E-state index contributed by atoms with van der Waals surface area (Å²) in [6, 6.07) is 2.48. The zero-order chi connectivity index (χ0) is 18.6. The average molecular weight is 354 g/mol. The summed E-state index contributed by atoms with van der Waals surface area (Å²) in [5, 5.41) is 37.4. The molecule has 10 heteroatoms. The number of hydrogen-bond acceptors (Lipinski definition) is 8. The third kappa shape index (κ3) is 4.22. The number of nitrogens with zero attached hydrogens (tertiary/aromatic N) is 1. The molecule has 0 spiro atoms. The van der Waals surface area contributed by atoms with Crippen molar-refractivity contribution in [2.24, 2.45) is 5.73 Å². The summed E-state index contributed by atoms with van der Waals surface area (Å²) in [5.74, 6) is -0.987. The monoisotopic (exact) mass is 354 g/mol. The van der Waals surface area contributed by atoms with E-state index in [0.29, 0.717) is 25.1 Å². The minimum Gasteiger partial charge on any atom is -0.538 e. The molecule has 1 heterocycles. The summed E-state index contributed by atoms with van der Waals surface area (Å²) < 4.78 is 10.8. The highest BCUT2D eigenvalue weighted by atomic mass is 16.5. The number of aliphatic hydroxyl groups is 2. The molecule has 0 aromatic heterocycles. The molecule has 2 atom stereocenters. The maximum Gasteiger partial charge on any atom is 0.504 e. The molecule has 1 aliphatic rings. The van der Waals surface area contributed by atoms with Crippen molar-refractivity contribution in [2.45, 2.75) is 31.7 Å². The van der Waals surface area contributed by atoms with Gasteiger partial charge in [0, 0.05) is 13.1 Å². The van der Waals surface area contributed by atoms with Crippen molar-refractivity contribution >= 4 is 13.7 Å². The number of likely N-dealkylation sites (tertiary alicyclic amines) is 1. The predicted octanol–water partition coefficient (Wildman–Crippen LogP) is -1.71. The molecule has 25 heavy (non-hydrogen) atoms. The molecular formula is C15H23BN2O7. The van der Waals surface area contributed by atoms with Gasteiger partial charge in [0.25, 0.3) is 0 Å². The Hall–Kier alpha value is -1.85. The number of aromatic carboxylic acids is 1. The first-order valence-electron chi connectivity index (χ1n) is 8.00. The van der Waals surface area contributed by atoms with Crippen LogP contribution in [0, 0.1) is 0 Å². The number of carboxylic acid groups (broad SMARTS) is 1. The van der Waals surface area contributed by atoms with Gasteiger partial charge in [0.15, 0.2) is 0 Å². The predicted molar refractivity (Wildman–Crippen MR) is 89.8 cm³/mol. The van der Waals surface area contributed by atoms with Gasteiger partial charge in [-0.25, -0.2) is 4.79 Å². The van der Waals surface area contributed by atoms with Crippen molar-refractivity contribution in [1.29, 1.82) is 0 Å². The van der Waals surface area contributed by atoms with E-state index in [1.807, 2.05) is 6.92 Å². The summed E-state index contributed by atoms with van der Waals surface area (Å²) >= 11 is 0. The van der Waals surface area contributed by atoms with Crippen LogP contribution in [0.1, 0.15) is 22.8 Å². The Kier molecular flexibility index (Phi) is 6.62. The van der Waals surface area contributed by atoms with Gasteiger partial charge in [-0.05, 0) is 18.1 Å². The van der Waals surface area contributed by atoms with Crippen LogP contribution < -0.4 is 15.1 Å². The first kappa shape index (κ1) is 19.5. The molecule has 1 unspecified atom stereocenters. The lowest BCUT2D eigenvalue weighted by Gasteiger charge is -2.43. The number of hydrogen-bond donors (Lipinski definition) is 5. The van der Waals surface area contributed by atoms with Crippen LogP contribution in [0.15, 0.2) is 12.1 Å². The summed E-state index contributed by atoms with van der Waals surface area (Å²) in [7, 11) is -0.640. The van der Waals surface area contributed by atoms with Crippen LogP contribution in [0.4, 0.5) is 0 Å². The number of carbonyl (C=O) groups is 1. The fourth-order valence-electron chi connectivity index (χ4n) is 2.72. The molecule has 1 aliphatic heterocycles. The molecule has 6 N–H and O–H groups in total. The van der Waals surface area contributed by atoms with Crippen LogP contribution in [0.2, 0.25) is 0 Å². The van der Waals surface area contributed by atoms with E-state index in [1.165, 1.54) is 0 Å². The van der Waals surface area contributed by atoms with Gasteiger partial charge in [-0.15, -0.1) is 0 Å². The first-order valence-corrected chi connectivity index (χ1v) is 8.00. The van der Waals surface area contributed by atoms with E-state index in [4.69, 9.17) is 25.3 Å².